The molecule has 2 aliphatic heterocycles. The largest absolute Gasteiger partial charge is 0.317 e. The molecule has 0 amide bonds. The smallest absolute Gasteiger partial charge is 0.00212 e. The van der Waals surface area contributed by atoms with Crippen molar-refractivity contribution < 1.29 is 0 Å². The molecule has 0 aliphatic carbocycles. The summed E-state index contributed by atoms with van der Waals surface area (Å²) >= 11 is 0. The standard InChI is InChI=1S/C7H14N2.C3H8/c1-3-8-4-2-7(1)5-9-6-7;1-3-2/h8-9H,1-6H2;3H2,1-2H3. The van der Waals surface area contributed by atoms with E-state index in [-0.39, 0.29) is 0 Å². The van der Waals surface area contributed by atoms with Crippen molar-refractivity contribution in [2.75, 3.05) is 26.2 Å². The van der Waals surface area contributed by atoms with Crippen LogP contribution < -0.4 is 10.6 Å². The van der Waals surface area contributed by atoms with Crippen LogP contribution in [0.15, 0.2) is 0 Å². The first kappa shape index (κ1) is 10.0. The van der Waals surface area contributed by atoms with Gasteiger partial charge in [-0.15, -0.1) is 0 Å². The van der Waals surface area contributed by atoms with Crippen LogP contribution in [0.3, 0.4) is 0 Å². The van der Waals surface area contributed by atoms with Gasteiger partial charge in [-0.05, 0) is 31.3 Å². The molecule has 0 unspecified atom stereocenters. The third-order valence-corrected chi connectivity index (χ3v) is 2.66. The van der Waals surface area contributed by atoms with Gasteiger partial charge in [0.2, 0.25) is 0 Å². The molecule has 0 atom stereocenters. The van der Waals surface area contributed by atoms with Crippen LogP contribution in [0.5, 0.6) is 0 Å². The van der Waals surface area contributed by atoms with Crippen molar-refractivity contribution in [2.45, 2.75) is 33.1 Å². The second-order valence-corrected chi connectivity index (χ2v) is 4.06. The lowest BCUT2D eigenvalue weighted by molar-refractivity contribution is 0.116. The van der Waals surface area contributed by atoms with Crippen LogP contribution in [0, 0.1) is 5.41 Å². The fourth-order valence-corrected chi connectivity index (χ4v) is 1.79. The van der Waals surface area contributed by atoms with E-state index in [1.54, 1.807) is 0 Å². The van der Waals surface area contributed by atoms with Crippen LogP contribution in [-0.2, 0) is 0 Å². The Bertz CT molecular complexity index is 111. The molecular formula is C10H22N2. The van der Waals surface area contributed by atoms with Crippen molar-refractivity contribution in [3.05, 3.63) is 0 Å². The summed E-state index contributed by atoms with van der Waals surface area (Å²) in [5, 5.41) is 6.72. The fourth-order valence-electron chi connectivity index (χ4n) is 1.79. The topological polar surface area (TPSA) is 24.1 Å². The summed E-state index contributed by atoms with van der Waals surface area (Å²) in [6.45, 7) is 9.27. The van der Waals surface area contributed by atoms with Gasteiger partial charge in [-0.2, -0.15) is 0 Å². The van der Waals surface area contributed by atoms with E-state index in [2.05, 4.69) is 24.5 Å². The van der Waals surface area contributed by atoms with Crippen molar-refractivity contribution in [3.63, 3.8) is 0 Å². The molecule has 2 rings (SSSR count). The van der Waals surface area contributed by atoms with Gasteiger partial charge in [0, 0.05) is 13.1 Å². The van der Waals surface area contributed by atoms with E-state index in [4.69, 9.17) is 0 Å². The van der Waals surface area contributed by atoms with Crippen LogP contribution in [0.25, 0.3) is 0 Å². The number of rotatable bonds is 0. The molecule has 2 saturated heterocycles. The molecule has 0 aromatic rings. The van der Waals surface area contributed by atoms with Crippen LogP contribution in [0.1, 0.15) is 33.1 Å². The predicted molar refractivity (Wildman–Crippen MR) is 53.4 cm³/mol. The summed E-state index contributed by atoms with van der Waals surface area (Å²) in [6, 6.07) is 0. The van der Waals surface area contributed by atoms with Crippen LogP contribution in [-0.4, -0.2) is 26.2 Å². The van der Waals surface area contributed by atoms with Gasteiger partial charge in [0.05, 0.1) is 0 Å². The summed E-state index contributed by atoms with van der Waals surface area (Å²) in [7, 11) is 0. The van der Waals surface area contributed by atoms with E-state index in [1.165, 1.54) is 45.4 Å². The lowest BCUT2D eigenvalue weighted by atomic mass is 9.74. The maximum absolute atomic E-state index is 3.38. The normalized spacial score (nSPS) is 25.5. The van der Waals surface area contributed by atoms with Gasteiger partial charge in [0.1, 0.15) is 0 Å². The Hall–Kier alpha value is -0.0800. The molecule has 0 bridgehead atoms. The first-order chi connectivity index (χ1) is 5.83. The van der Waals surface area contributed by atoms with Gasteiger partial charge in [0.25, 0.3) is 0 Å². The third kappa shape index (κ3) is 2.46. The van der Waals surface area contributed by atoms with Crippen LogP contribution >= 0.6 is 0 Å². The SMILES string of the molecule is C1CC2(CCN1)CNC2.CCC. The van der Waals surface area contributed by atoms with E-state index in [1.807, 2.05) is 0 Å². The molecule has 0 radical (unpaired) electrons. The van der Waals surface area contributed by atoms with Crippen molar-refractivity contribution in [1.29, 1.82) is 0 Å². The second-order valence-electron chi connectivity index (χ2n) is 4.06. The zero-order chi connectivity index (χ0) is 8.86. The minimum absolute atomic E-state index is 0.727. The molecule has 72 valence electrons. The van der Waals surface area contributed by atoms with Crippen molar-refractivity contribution in [1.82, 2.24) is 10.6 Å². The average molecular weight is 170 g/mol. The number of nitrogens with one attached hydrogen (secondary N) is 2. The highest BCUT2D eigenvalue weighted by Gasteiger charge is 2.37. The van der Waals surface area contributed by atoms with Gasteiger partial charge in [-0.25, -0.2) is 0 Å². The lowest BCUT2D eigenvalue weighted by Crippen LogP contribution is -2.57. The zero-order valence-corrected chi connectivity index (χ0v) is 8.45. The maximum atomic E-state index is 3.38. The minimum atomic E-state index is 0.727. The molecule has 0 aromatic carbocycles. The van der Waals surface area contributed by atoms with E-state index >= 15 is 0 Å². The van der Waals surface area contributed by atoms with Gasteiger partial charge in [-0.1, -0.05) is 20.3 Å². The molecule has 2 fully saturated rings. The van der Waals surface area contributed by atoms with Gasteiger partial charge < -0.3 is 10.6 Å². The molecule has 2 heteroatoms. The maximum Gasteiger partial charge on any atom is 0.00212 e. The monoisotopic (exact) mass is 170 g/mol. The molecule has 12 heavy (non-hydrogen) atoms. The summed E-state index contributed by atoms with van der Waals surface area (Å²) in [5.74, 6) is 0. The molecule has 0 saturated carbocycles. The Morgan fingerprint density at radius 2 is 1.50 bits per heavy atom. The van der Waals surface area contributed by atoms with Crippen LogP contribution in [0.4, 0.5) is 0 Å². The molecule has 2 aliphatic rings. The van der Waals surface area contributed by atoms with Crippen LogP contribution in [0.2, 0.25) is 0 Å². The molecule has 1 spiro atoms. The first-order valence-corrected chi connectivity index (χ1v) is 5.24. The van der Waals surface area contributed by atoms with Gasteiger partial charge in [-0.3, -0.25) is 0 Å². The highest BCUT2D eigenvalue weighted by molar-refractivity contribution is 4.94. The van der Waals surface area contributed by atoms with Crippen molar-refractivity contribution in [2.24, 2.45) is 5.41 Å². The Morgan fingerprint density at radius 3 is 1.75 bits per heavy atom. The number of hydrogen-bond donors (Lipinski definition) is 2. The highest BCUT2D eigenvalue weighted by atomic mass is 15.0. The third-order valence-electron chi connectivity index (χ3n) is 2.66. The Kier molecular flexibility index (Phi) is 4.02. The molecular weight excluding hydrogens is 148 g/mol. The van der Waals surface area contributed by atoms with Gasteiger partial charge in [0.15, 0.2) is 0 Å². The Morgan fingerprint density at radius 1 is 1.00 bits per heavy atom. The second kappa shape index (κ2) is 4.83. The zero-order valence-electron chi connectivity index (χ0n) is 8.45. The Balaban J connectivity index is 0.000000213. The van der Waals surface area contributed by atoms with E-state index in [9.17, 15) is 0 Å². The lowest BCUT2D eigenvalue weighted by Gasteiger charge is -2.45. The van der Waals surface area contributed by atoms with Crippen molar-refractivity contribution in [3.8, 4) is 0 Å². The highest BCUT2D eigenvalue weighted by Crippen LogP contribution is 2.31. The molecule has 2 N–H and O–H groups in total. The minimum Gasteiger partial charge on any atom is -0.317 e. The first-order valence-electron chi connectivity index (χ1n) is 5.24. The molecule has 2 heterocycles. The summed E-state index contributed by atoms with van der Waals surface area (Å²) in [4.78, 5) is 0. The van der Waals surface area contributed by atoms with Crippen molar-refractivity contribution >= 4 is 0 Å². The Labute approximate surface area is 76.1 Å². The summed E-state index contributed by atoms with van der Waals surface area (Å²) in [6.07, 6.45) is 4.03. The van der Waals surface area contributed by atoms with E-state index < -0.39 is 0 Å². The quantitative estimate of drug-likeness (QED) is 0.574. The average Bonchev–Trinajstić information content (AvgIpc) is 2.05. The fraction of sp³-hybridized carbons (Fsp3) is 1.00. The van der Waals surface area contributed by atoms with E-state index in [0.29, 0.717) is 0 Å². The van der Waals surface area contributed by atoms with Gasteiger partial charge >= 0.3 is 0 Å². The molecule has 2 nitrogen and oxygen atoms in total. The summed E-state index contributed by atoms with van der Waals surface area (Å²) < 4.78 is 0. The van der Waals surface area contributed by atoms with E-state index in [0.717, 1.165) is 5.41 Å². The predicted octanol–water partition coefficient (Wildman–Crippen LogP) is 1.38. The summed E-state index contributed by atoms with van der Waals surface area (Å²) in [5.41, 5.74) is 0.727. The molecule has 0 aromatic heterocycles. The number of piperidine rings is 1. The number of hydrogen-bond acceptors (Lipinski definition) is 2.